The highest BCUT2D eigenvalue weighted by Gasteiger charge is 2.32. The number of methoxy groups -OCH3 is 1. The van der Waals surface area contributed by atoms with Crippen LogP contribution in [-0.2, 0) is 4.79 Å². The Hall–Kier alpha value is -3.38. The maximum atomic E-state index is 13.9. The lowest BCUT2D eigenvalue weighted by molar-refractivity contribution is -0.124. The molecule has 6 nitrogen and oxygen atoms in total. The fraction of sp³-hybridized carbons (Fsp3) is 0.455. The highest BCUT2D eigenvalue weighted by Crippen LogP contribution is 2.38. The summed E-state index contributed by atoms with van der Waals surface area (Å²) in [6.45, 7) is 2.86. The molecule has 0 radical (unpaired) electrons. The van der Waals surface area contributed by atoms with Crippen LogP contribution in [0.2, 0.25) is 0 Å². The lowest BCUT2D eigenvalue weighted by atomic mass is 9.78. The Labute approximate surface area is 232 Å². The Balaban J connectivity index is 1.30. The lowest BCUT2D eigenvalue weighted by Crippen LogP contribution is -2.41. The van der Waals surface area contributed by atoms with E-state index in [4.69, 9.17) is 4.74 Å². The second-order valence-electron chi connectivity index (χ2n) is 11.4. The smallest absolute Gasteiger partial charge is 0.230 e. The van der Waals surface area contributed by atoms with Crippen LogP contribution in [0.1, 0.15) is 79.5 Å². The molecule has 206 valence electrons. The predicted molar refractivity (Wildman–Crippen MR) is 157 cm³/mol. The monoisotopic (exact) mass is 527 g/mol. The fourth-order valence-corrected chi connectivity index (χ4v) is 6.30. The SMILES string of the molecule is COc1ccc([C@H]2CC[C@H](CN(c3cccc(C=Cc4cn[nH]c4)c3)C(=O)[C@H]3CC[C@H](O)CC3)CC2)cc1C. The van der Waals surface area contributed by atoms with Gasteiger partial charge >= 0.3 is 0 Å². The molecule has 1 heterocycles. The van der Waals surface area contributed by atoms with Crippen molar-refractivity contribution in [3.05, 3.63) is 77.1 Å². The summed E-state index contributed by atoms with van der Waals surface area (Å²) in [6.07, 6.45) is 14.9. The number of hydrogen-bond donors (Lipinski definition) is 2. The maximum absolute atomic E-state index is 13.9. The Bertz CT molecular complexity index is 1250. The maximum Gasteiger partial charge on any atom is 0.230 e. The van der Waals surface area contributed by atoms with Crippen LogP contribution in [0.15, 0.2) is 54.9 Å². The third kappa shape index (κ3) is 6.80. The number of nitrogens with one attached hydrogen (secondary N) is 1. The highest BCUT2D eigenvalue weighted by molar-refractivity contribution is 5.95. The first-order chi connectivity index (χ1) is 19.0. The molecule has 0 unspecified atom stereocenters. The molecule has 0 atom stereocenters. The van der Waals surface area contributed by atoms with E-state index >= 15 is 0 Å². The van der Waals surface area contributed by atoms with Gasteiger partial charge in [-0.1, -0.05) is 36.4 Å². The summed E-state index contributed by atoms with van der Waals surface area (Å²) in [5.74, 6) is 2.18. The number of anilines is 1. The quantitative estimate of drug-likeness (QED) is 0.339. The van der Waals surface area contributed by atoms with Gasteiger partial charge in [0.2, 0.25) is 5.91 Å². The van der Waals surface area contributed by atoms with Crippen LogP contribution < -0.4 is 9.64 Å². The van der Waals surface area contributed by atoms with E-state index in [9.17, 15) is 9.90 Å². The third-order valence-corrected chi connectivity index (χ3v) is 8.66. The molecule has 2 aliphatic rings. The van der Waals surface area contributed by atoms with Gasteiger partial charge in [0, 0.05) is 29.9 Å². The number of aliphatic hydroxyl groups is 1. The van der Waals surface area contributed by atoms with E-state index in [1.54, 1.807) is 13.3 Å². The number of aromatic amines is 1. The van der Waals surface area contributed by atoms with Crippen molar-refractivity contribution in [3.8, 4) is 5.75 Å². The number of H-pyrrole nitrogens is 1. The van der Waals surface area contributed by atoms with E-state index in [0.29, 0.717) is 24.7 Å². The van der Waals surface area contributed by atoms with Crippen LogP contribution in [0.3, 0.4) is 0 Å². The second-order valence-corrected chi connectivity index (χ2v) is 11.4. The predicted octanol–water partition coefficient (Wildman–Crippen LogP) is 6.76. The molecule has 2 aromatic carbocycles. The normalized spacial score (nSPS) is 23.6. The standard InChI is InChI=1S/C33H41N3O3/c1-23-18-29(14-17-32(23)39-2)27-10-8-25(9-11-27)22-36(33(38)28-12-15-31(37)16-13-28)30-5-3-4-24(19-30)6-7-26-20-34-35-21-26/h3-7,14,17-21,25,27-28,31,37H,8-13,15-16,22H2,1-2H3,(H,34,35)/t25-,27-,28-,31-. The molecule has 0 bridgehead atoms. The number of aliphatic hydroxyl groups excluding tert-OH is 1. The molecule has 6 heteroatoms. The minimum absolute atomic E-state index is 0.0165. The number of aromatic nitrogens is 2. The van der Waals surface area contributed by atoms with Crippen molar-refractivity contribution in [2.45, 2.75) is 70.3 Å². The van der Waals surface area contributed by atoms with Crippen LogP contribution in [0.5, 0.6) is 5.75 Å². The Morgan fingerprint density at radius 1 is 1.03 bits per heavy atom. The number of carbonyl (C=O) groups excluding carboxylic acids is 1. The number of ether oxygens (including phenoxy) is 1. The van der Waals surface area contributed by atoms with E-state index in [1.165, 1.54) is 11.1 Å². The number of amides is 1. The van der Waals surface area contributed by atoms with E-state index in [2.05, 4.69) is 64.5 Å². The fourth-order valence-electron chi connectivity index (χ4n) is 6.30. The van der Waals surface area contributed by atoms with Crippen LogP contribution in [0, 0.1) is 18.8 Å². The summed E-state index contributed by atoms with van der Waals surface area (Å²) >= 11 is 0. The summed E-state index contributed by atoms with van der Waals surface area (Å²) < 4.78 is 5.45. The summed E-state index contributed by atoms with van der Waals surface area (Å²) in [4.78, 5) is 16.0. The largest absolute Gasteiger partial charge is 0.496 e. The summed E-state index contributed by atoms with van der Waals surface area (Å²) in [7, 11) is 1.72. The molecule has 1 aromatic heterocycles. The van der Waals surface area contributed by atoms with Crippen LogP contribution in [-0.4, -0.2) is 41.0 Å². The molecule has 5 rings (SSSR count). The van der Waals surface area contributed by atoms with Gasteiger partial charge in [0.15, 0.2) is 0 Å². The average molecular weight is 528 g/mol. The minimum atomic E-state index is -0.268. The van der Waals surface area contributed by atoms with Crippen molar-refractivity contribution in [2.75, 3.05) is 18.6 Å². The molecular weight excluding hydrogens is 486 g/mol. The highest BCUT2D eigenvalue weighted by atomic mass is 16.5. The molecule has 0 spiro atoms. The van der Waals surface area contributed by atoms with Gasteiger partial charge in [-0.05, 0) is 105 Å². The molecular formula is C33H41N3O3. The Morgan fingerprint density at radius 3 is 2.49 bits per heavy atom. The molecule has 39 heavy (non-hydrogen) atoms. The molecule has 1 amide bonds. The molecule has 2 saturated carbocycles. The van der Waals surface area contributed by atoms with Crippen LogP contribution in [0.25, 0.3) is 12.2 Å². The number of hydrogen-bond acceptors (Lipinski definition) is 4. The first-order valence-electron chi connectivity index (χ1n) is 14.4. The molecule has 2 aliphatic carbocycles. The zero-order valence-corrected chi connectivity index (χ0v) is 23.2. The van der Waals surface area contributed by atoms with Gasteiger partial charge in [-0.15, -0.1) is 0 Å². The van der Waals surface area contributed by atoms with Crippen LogP contribution in [0.4, 0.5) is 5.69 Å². The summed E-state index contributed by atoms with van der Waals surface area (Å²) in [5, 5.41) is 16.9. The topological polar surface area (TPSA) is 78.5 Å². The zero-order valence-electron chi connectivity index (χ0n) is 23.2. The zero-order chi connectivity index (χ0) is 27.2. The van der Waals surface area contributed by atoms with Crippen molar-refractivity contribution in [2.24, 2.45) is 11.8 Å². The van der Waals surface area contributed by atoms with E-state index in [1.807, 2.05) is 18.3 Å². The van der Waals surface area contributed by atoms with Crippen molar-refractivity contribution < 1.29 is 14.6 Å². The summed E-state index contributed by atoms with van der Waals surface area (Å²) in [6, 6.07) is 14.9. The van der Waals surface area contributed by atoms with Gasteiger partial charge in [0.05, 0.1) is 19.4 Å². The van der Waals surface area contributed by atoms with E-state index < -0.39 is 0 Å². The number of carbonyl (C=O) groups is 1. The second kappa shape index (κ2) is 12.6. The molecule has 3 aromatic rings. The van der Waals surface area contributed by atoms with Crippen molar-refractivity contribution in [1.82, 2.24) is 10.2 Å². The van der Waals surface area contributed by atoms with Gasteiger partial charge in [0.25, 0.3) is 0 Å². The van der Waals surface area contributed by atoms with E-state index in [-0.39, 0.29) is 17.9 Å². The first-order valence-corrected chi connectivity index (χ1v) is 14.4. The van der Waals surface area contributed by atoms with Gasteiger partial charge < -0.3 is 14.7 Å². The minimum Gasteiger partial charge on any atom is -0.496 e. The average Bonchev–Trinajstić information content (AvgIpc) is 3.49. The molecule has 2 N–H and O–H groups in total. The van der Waals surface area contributed by atoms with Crippen molar-refractivity contribution in [1.29, 1.82) is 0 Å². The Kier molecular flexibility index (Phi) is 8.82. The van der Waals surface area contributed by atoms with Gasteiger partial charge in [-0.3, -0.25) is 9.89 Å². The Morgan fingerprint density at radius 2 is 1.79 bits per heavy atom. The van der Waals surface area contributed by atoms with Crippen molar-refractivity contribution >= 4 is 23.7 Å². The number of rotatable bonds is 8. The number of nitrogens with zero attached hydrogens (tertiary/aromatic N) is 2. The van der Waals surface area contributed by atoms with E-state index in [0.717, 1.165) is 67.6 Å². The summed E-state index contributed by atoms with van der Waals surface area (Å²) in [5.41, 5.74) is 5.63. The van der Waals surface area contributed by atoms with Gasteiger partial charge in [0.1, 0.15) is 5.75 Å². The van der Waals surface area contributed by atoms with Crippen LogP contribution >= 0.6 is 0 Å². The lowest BCUT2D eigenvalue weighted by Gasteiger charge is -2.36. The number of aryl methyl sites for hydroxylation is 1. The molecule has 0 saturated heterocycles. The van der Waals surface area contributed by atoms with Gasteiger partial charge in [-0.2, -0.15) is 5.10 Å². The van der Waals surface area contributed by atoms with Gasteiger partial charge in [-0.25, -0.2) is 0 Å². The van der Waals surface area contributed by atoms with Crippen molar-refractivity contribution in [3.63, 3.8) is 0 Å². The third-order valence-electron chi connectivity index (χ3n) is 8.66. The first kappa shape index (κ1) is 27.2. The molecule has 2 fully saturated rings. The number of benzene rings is 2. The molecule has 0 aliphatic heterocycles.